The maximum absolute atomic E-state index is 11.9. The monoisotopic (exact) mass is 228 g/mol. The lowest BCUT2D eigenvalue weighted by Crippen LogP contribution is -2.53. The van der Waals surface area contributed by atoms with Crippen LogP contribution < -0.4 is 5.32 Å². The number of carbonyl (C=O) groups excluding carboxylic acids is 1. The van der Waals surface area contributed by atoms with Crippen LogP contribution in [0.5, 0.6) is 0 Å². The van der Waals surface area contributed by atoms with Gasteiger partial charge >= 0.3 is 6.03 Å². The van der Waals surface area contributed by atoms with Crippen molar-refractivity contribution in [2.75, 3.05) is 13.7 Å². The van der Waals surface area contributed by atoms with Crippen molar-refractivity contribution < 1.29 is 9.90 Å². The van der Waals surface area contributed by atoms with Gasteiger partial charge in [-0.15, -0.1) is 0 Å². The Labute approximate surface area is 98.0 Å². The predicted molar refractivity (Wildman–Crippen MR) is 64.3 cm³/mol. The van der Waals surface area contributed by atoms with Crippen LogP contribution in [0.3, 0.4) is 0 Å². The molecule has 0 aromatic carbocycles. The highest BCUT2D eigenvalue weighted by molar-refractivity contribution is 5.75. The number of hydrogen-bond donors (Lipinski definition) is 2. The number of nitrogens with one attached hydrogen (secondary N) is 1. The molecule has 1 rings (SSSR count). The second-order valence-electron chi connectivity index (χ2n) is 5.31. The van der Waals surface area contributed by atoms with Gasteiger partial charge in [-0.3, -0.25) is 0 Å². The van der Waals surface area contributed by atoms with Crippen molar-refractivity contribution in [1.29, 1.82) is 0 Å². The predicted octanol–water partition coefficient (Wildman–Crippen LogP) is 1.73. The summed E-state index contributed by atoms with van der Waals surface area (Å²) < 4.78 is 0. The van der Waals surface area contributed by atoms with Crippen LogP contribution >= 0.6 is 0 Å². The van der Waals surface area contributed by atoms with E-state index in [-0.39, 0.29) is 12.6 Å². The molecule has 0 spiro atoms. The molecule has 16 heavy (non-hydrogen) atoms. The molecular formula is C12H24N2O2. The zero-order valence-corrected chi connectivity index (χ0v) is 10.6. The molecule has 0 aliphatic heterocycles. The molecule has 2 N–H and O–H groups in total. The van der Waals surface area contributed by atoms with Gasteiger partial charge in [-0.05, 0) is 26.7 Å². The number of carbonyl (C=O) groups is 1. The van der Waals surface area contributed by atoms with Crippen LogP contribution in [0.4, 0.5) is 4.79 Å². The molecule has 4 nitrogen and oxygen atoms in total. The van der Waals surface area contributed by atoms with Gasteiger partial charge in [-0.1, -0.05) is 19.3 Å². The van der Waals surface area contributed by atoms with E-state index < -0.39 is 5.54 Å². The Morgan fingerprint density at radius 2 is 1.94 bits per heavy atom. The van der Waals surface area contributed by atoms with Crippen LogP contribution in [0, 0.1) is 0 Å². The molecule has 2 amide bonds. The molecule has 1 aliphatic rings. The van der Waals surface area contributed by atoms with Crippen molar-refractivity contribution in [3.63, 3.8) is 0 Å². The summed E-state index contributed by atoms with van der Waals surface area (Å²) >= 11 is 0. The molecule has 0 heterocycles. The maximum Gasteiger partial charge on any atom is 0.317 e. The van der Waals surface area contributed by atoms with Gasteiger partial charge in [-0.2, -0.15) is 0 Å². The molecule has 0 aromatic rings. The van der Waals surface area contributed by atoms with E-state index in [0.29, 0.717) is 6.04 Å². The first-order valence-electron chi connectivity index (χ1n) is 6.12. The fourth-order valence-corrected chi connectivity index (χ4v) is 1.90. The van der Waals surface area contributed by atoms with Gasteiger partial charge in [0.05, 0.1) is 12.1 Å². The van der Waals surface area contributed by atoms with Gasteiger partial charge in [0.1, 0.15) is 0 Å². The zero-order chi connectivity index (χ0) is 12.2. The standard InChI is InChI=1S/C12H24N2O2/c1-12(2,9-15)14(3)11(16)13-10-7-5-4-6-8-10/h10,15H,4-9H2,1-3H3,(H,13,16). The lowest BCUT2D eigenvalue weighted by atomic mass is 9.95. The Balaban J connectivity index is 2.44. The molecule has 1 aliphatic carbocycles. The van der Waals surface area contributed by atoms with E-state index in [2.05, 4.69) is 5.32 Å². The topological polar surface area (TPSA) is 52.6 Å². The second-order valence-corrected chi connectivity index (χ2v) is 5.31. The van der Waals surface area contributed by atoms with E-state index in [0.717, 1.165) is 12.8 Å². The van der Waals surface area contributed by atoms with Crippen molar-refractivity contribution in [3.8, 4) is 0 Å². The van der Waals surface area contributed by atoms with Gasteiger partial charge in [0.2, 0.25) is 0 Å². The van der Waals surface area contributed by atoms with Crippen molar-refractivity contribution in [3.05, 3.63) is 0 Å². The highest BCUT2D eigenvalue weighted by Gasteiger charge is 2.28. The first-order valence-corrected chi connectivity index (χ1v) is 6.12. The van der Waals surface area contributed by atoms with Crippen molar-refractivity contribution in [2.45, 2.75) is 57.5 Å². The van der Waals surface area contributed by atoms with Crippen LogP contribution in [0.15, 0.2) is 0 Å². The van der Waals surface area contributed by atoms with Gasteiger partial charge in [0.25, 0.3) is 0 Å². The highest BCUT2D eigenvalue weighted by atomic mass is 16.3. The Kier molecular flexibility index (Phi) is 4.59. The van der Waals surface area contributed by atoms with Crippen molar-refractivity contribution in [2.24, 2.45) is 0 Å². The number of aliphatic hydroxyl groups is 1. The van der Waals surface area contributed by atoms with Gasteiger partial charge in [0, 0.05) is 13.1 Å². The normalized spacial score (nSPS) is 18.2. The summed E-state index contributed by atoms with van der Waals surface area (Å²) in [5.74, 6) is 0. The van der Waals surface area contributed by atoms with E-state index in [1.54, 1.807) is 11.9 Å². The molecule has 94 valence electrons. The average Bonchev–Trinajstić information content (AvgIpc) is 2.29. The number of rotatable bonds is 3. The summed E-state index contributed by atoms with van der Waals surface area (Å²) in [6.07, 6.45) is 5.86. The summed E-state index contributed by atoms with van der Waals surface area (Å²) in [5, 5.41) is 12.2. The maximum atomic E-state index is 11.9. The molecule has 1 fully saturated rings. The van der Waals surface area contributed by atoms with Gasteiger partial charge in [0.15, 0.2) is 0 Å². The summed E-state index contributed by atoms with van der Waals surface area (Å²) in [6.45, 7) is 3.68. The van der Waals surface area contributed by atoms with Crippen LogP contribution in [0.2, 0.25) is 0 Å². The Morgan fingerprint density at radius 1 is 1.38 bits per heavy atom. The Morgan fingerprint density at radius 3 is 2.44 bits per heavy atom. The summed E-state index contributed by atoms with van der Waals surface area (Å²) in [4.78, 5) is 13.5. The van der Waals surface area contributed by atoms with Gasteiger partial charge < -0.3 is 15.3 Å². The minimum atomic E-state index is -0.501. The number of aliphatic hydroxyl groups excluding tert-OH is 1. The minimum Gasteiger partial charge on any atom is -0.394 e. The number of hydrogen-bond acceptors (Lipinski definition) is 2. The Bertz CT molecular complexity index is 235. The molecule has 0 saturated heterocycles. The first-order chi connectivity index (χ1) is 7.47. The average molecular weight is 228 g/mol. The lowest BCUT2D eigenvalue weighted by Gasteiger charge is -2.35. The smallest absolute Gasteiger partial charge is 0.317 e. The van der Waals surface area contributed by atoms with E-state index in [9.17, 15) is 9.90 Å². The van der Waals surface area contributed by atoms with E-state index in [4.69, 9.17) is 0 Å². The molecule has 0 bridgehead atoms. The summed E-state index contributed by atoms with van der Waals surface area (Å²) in [7, 11) is 1.73. The van der Waals surface area contributed by atoms with E-state index in [1.165, 1.54) is 19.3 Å². The molecule has 0 radical (unpaired) electrons. The fraction of sp³-hybridized carbons (Fsp3) is 0.917. The minimum absolute atomic E-state index is 0.0262. The highest BCUT2D eigenvalue weighted by Crippen LogP contribution is 2.18. The molecule has 0 unspecified atom stereocenters. The summed E-state index contributed by atoms with van der Waals surface area (Å²) in [5.41, 5.74) is -0.501. The number of urea groups is 1. The van der Waals surface area contributed by atoms with Gasteiger partial charge in [-0.25, -0.2) is 4.79 Å². The van der Waals surface area contributed by atoms with Crippen molar-refractivity contribution in [1.82, 2.24) is 10.2 Å². The zero-order valence-electron chi connectivity index (χ0n) is 10.6. The SMILES string of the molecule is CN(C(=O)NC1CCCCC1)C(C)(C)CO. The summed E-state index contributed by atoms with van der Waals surface area (Å²) in [6, 6.07) is 0.240. The number of likely N-dealkylation sites (N-methyl/N-ethyl adjacent to an activating group) is 1. The third-order valence-electron chi connectivity index (χ3n) is 3.53. The molecule has 4 heteroatoms. The van der Waals surface area contributed by atoms with E-state index >= 15 is 0 Å². The lowest BCUT2D eigenvalue weighted by molar-refractivity contribution is 0.0951. The quantitative estimate of drug-likeness (QED) is 0.773. The molecular weight excluding hydrogens is 204 g/mol. The molecule has 1 saturated carbocycles. The number of amides is 2. The third kappa shape index (κ3) is 3.37. The van der Waals surface area contributed by atoms with Crippen LogP contribution in [-0.2, 0) is 0 Å². The molecule has 0 atom stereocenters. The molecule has 0 aromatic heterocycles. The third-order valence-corrected chi connectivity index (χ3v) is 3.53. The fourth-order valence-electron chi connectivity index (χ4n) is 1.90. The second kappa shape index (κ2) is 5.53. The number of nitrogens with zero attached hydrogens (tertiary/aromatic N) is 1. The van der Waals surface area contributed by atoms with Crippen molar-refractivity contribution >= 4 is 6.03 Å². The van der Waals surface area contributed by atoms with Crippen LogP contribution in [0.25, 0.3) is 0 Å². The van der Waals surface area contributed by atoms with E-state index in [1.807, 2.05) is 13.8 Å². The largest absolute Gasteiger partial charge is 0.394 e. The first kappa shape index (κ1) is 13.3. The van der Waals surface area contributed by atoms with Crippen LogP contribution in [-0.4, -0.2) is 41.3 Å². The van der Waals surface area contributed by atoms with Crippen LogP contribution in [0.1, 0.15) is 46.0 Å². The Hall–Kier alpha value is -0.770.